The molecule has 0 aromatic heterocycles. The van der Waals surface area contributed by atoms with Crippen LogP contribution in [0.4, 0.5) is 0 Å². The van der Waals surface area contributed by atoms with Gasteiger partial charge in [0.1, 0.15) is 0 Å². The molecule has 0 N–H and O–H groups in total. The van der Waals surface area contributed by atoms with E-state index < -0.39 is 0 Å². The van der Waals surface area contributed by atoms with Crippen LogP contribution in [0.2, 0.25) is 0 Å². The molecule has 2 unspecified atom stereocenters. The molecule has 2 atom stereocenters. The third-order valence-electron chi connectivity index (χ3n) is 2.79. The molecule has 1 heterocycles. The van der Waals surface area contributed by atoms with E-state index in [0.717, 1.165) is 12.0 Å². The molecule has 1 heteroatoms. The summed E-state index contributed by atoms with van der Waals surface area (Å²) in [6.45, 7) is 9.64. The van der Waals surface area contributed by atoms with Crippen LogP contribution >= 0.6 is 0 Å². The van der Waals surface area contributed by atoms with E-state index in [1.165, 1.54) is 32.4 Å². The van der Waals surface area contributed by atoms with Crippen LogP contribution in [0.1, 0.15) is 40.0 Å². The average molecular weight is 155 g/mol. The molecule has 1 aliphatic heterocycles. The van der Waals surface area contributed by atoms with E-state index in [0.29, 0.717) is 0 Å². The quantitative estimate of drug-likeness (QED) is 0.592. The Morgan fingerprint density at radius 1 is 1.36 bits per heavy atom. The molecule has 11 heavy (non-hydrogen) atoms. The minimum absolute atomic E-state index is 0.832. The maximum atomic E-state index is 2.62. The molecule has 0 aromatic rings. The lowest BCUT2D eigenvalue weighted by atomic mass is 9.93. The molecule has 1 saturated heterocycles. The van der Waals surface area contributed by atoms with E-state index in [1.54, 1.807) is 0 Å². The Morgan fingerprint density at radius 2 is 2.09 bits per heavy atom. The molecule has 1 aliphatic rings. The van der Waals surface area contributed by atoms with Gasteiger partial charge < -0.3 is 4.90 Å². The molecule has 0 bridgehead atoms. The summed E-state index contributed by atoms with van der Waals surface area (Å²) in [5.74, 6) is 0.957. The largest absolute Gasteiger partial charge is 0.301 e. The number of rotatable bonds is 2. The minimum atomic E-state index is 0.832. The highest BCUT2D eigenvalue weighted by Gasteiger charge is 2.21. The highest BCUT2D eigenvalue weighted by atomic mass is 15.2. The van der Waals surface area contributed by atoms with E-state index in [4.69, 9.17) is 0 Å². The van der Waals surface area contributed by atoms with Crippen molar-refractivity contribution >= 4 is 0 Å². The Balaban J connectivity index is 2.31. The van der Waals surface area contributed by atoms with Gasteiger partial charge in [-0.25, -0.2) is 0 Å². The molecule has 0 radical (unpaired) electrons. The van der Waals surface area contributed by atoms with Crippen molar-refractivity contribution in [2.24, 2.45) is 5.92 Å². The standard InChI is InChI=1S/C10H21N/c1-4-6-11-7-5-9(2)8-10(11)3/h9-10H,4-8H2,1-3H3. The molecular formula is C10H21N. The summed E-state index contributed by atoms with van der Waals surface area (Å²) in [6.07, 6.45) is 4.11. The number of nitrogens with zero attached hydrogens (tertiary/aromatic N) is 1. The zero-order chi connectivity index (χ0) is 8.27. The van der Waals surface area contributed by atoms with Crippen LogP contribution in [0.3, 0.4) is 0 Å². The van der Waals surface area contributed by atoms with Crippen molar-refractivity contribution in [1.82, 2.24) is 4.90 Å². The Labute approximate surface area is 70.8 Å². The van der Waals surface area contributed by atoms with Crippen LogP contribution in [0.15, 0.2) is 0 Å². The zero-order valence-corrected chi connectivity index (χ0v) is 8.14. The van der Waals surface area contributed by atoms with Gasteiger partial charge in [0.2, 0.25) is 0 Å². The topological polar surface area (TPSA) is 3.24 Å². The molecule has 1 nitrogen and oxygen atoms in total. The van der Waals surface area contributed by atoms with Crippen molar-refractivity contribution < 1.29 is 0 Å². The highest BCUT2D eigenvalue weighted by Crippen LogP contribution is 2.21. The van der Waals surface area contributed by atoms with Gasteiger partial charge in [-0.1, -0.05) is 13.8 Å². The third-order valence-corrected chi connectivity index (χ3v) is 2.79. The lowest BCUT2D eigenvalue weighted by Gasteiger charge is -2.36. The van der Waals surface area contributed by atoms with Gasteiger partial charge in [0, 0.05) is 6.04 Å². The van der Waals surface area contributed by atoms with E-state index in [9.17, 15) is 0 Å². The van der Waals surface area contributed by atoms with Gasteiger partial charge in [-0.15, -0.1) is 0 Å². The number of piperidine rings is 1. The highest BCUT2D eigenvalue weighted by molar-refractivity contribution is 4.76. The maximum Gasteiger partial charge on any atom is 0.00694 e. The summed E-state index contributed by atoms with van der Waals surface area (Å²) < 4.78 is 0. The molecule has 0 amide bonds. The fourth-order valence-electron chi connectivity index (χ4n) is 2.08. The van der Waals surface area contributed by atoms with E-state index >= 15 is 0 Å². The van der Waals surface area contributed by atoms with Crippen LogP contribution in [-0.4, -0.2) is 24.0 Å². The molecule has 1 fully saturated rings. The third kappa shape index (κ3) is 2.48. The van der Waals surface area contributed by atoms with Crippen molar-refractivity contribution in [2.75, 3.05) is 13.1 Å². The molecule has 0 saturated carbocycles. The van der Waals surface area contributed by atoms with Crippen molar-refractivity contribution in [2.45, 2.75) is 46.1 Å². The first-order valence-corrected chi connectivity index (χ1v) is 4.98. The smallest absolute Gasteiger partial charge is 0.00694 e. The van der Waals surface area contributed by atoms with Crippen LogP contribution < -0.4 is 0 Å². The predicted octanol–water partition coefficient (Wildman–Crippen LogP) is 2.52. The van der Waals surface area contributed by atoms with Gasteiger partial charge >= 0.3 is 0 Å². The first kappa shape index (κ1) is 9.05. The molecular weight excluding hydrogens is 134 g/mol. The summed E-state index contributed by atoms with van der Waals surface area (Å²) in [5, 5.41) is 0. The lowest BCUT2D eigenvalue weighted by molar-refractivity contribution is 0.130. The van der Waals surface area contributed by atoms with Crippen LogP contribution in [-0.2, 0) is 0 Å². The van der Waals surface area contributed by atoms with E-state index in [1.807, 2.05) is 0 Å². The fraction of sp³-hybridized carbons (Fsp3) is 1.00. The van der Waals surface area contributed by atoms with Gasteiger partial charge in [-0.2, -0.15) is 0 Å². The first-order chi connectivity index (χ1) is 5.24. The molecule has 0 spiro atoms. The minimum Gasteiger partial charge on any atom is -0.301 e. The van der Waals surface area contributed by atoms with Crippen molar-refractivity contribution in [3.8, 4) is 0 Å². The summed E-state index contributed by atoms with van der Waals surface area (Å²) >= 11 is 0. The van der Waals surface area contributed by atoms with Gasteiger partial charge in [0.05, 0.1) is 0 Å². The van der Waals surface area contributed by atoms with Crippen LogP contribution in [0.25, 0.3) is 0 Å². The molecule has 1 rings (SSSR count). The van der Waals surface area contributed by atoms with Gasteiger partial charge in [-0.3, -0.25) is 0 Å². The number of hydrogen-bond donors (Lipinski definition) is 0. The van der Waals surface area contributed by atoms with Gasteiger partial charge in [0.25, 0.3) is 0 Å². The van der Waals surface area contributed by atoms with Gasteiger partial charge in [-0.05, 0) is 45.2 Å². The van der Waals surface area contributed by atoms with E-state index in [-0.39, 0.29) is 0 Å². The zero-order valence-electron chi connectivity index (χ0n) is 8.14. The summed E-state index contributed by atoms with van der Waals surface area (Å²) in [7, 11) is 0. The maximum absolute atomic E-state index is 2.62. The Morgan fingerprint density at radius 3 is 2.64 bits per heavy atom. The second-order valence-electron chi connectivity index (χ2n) is 4.01. The predicted molar refractivity (Wildman–Crippen MR) is 49.7 cm³/mol. The van der Waals surface area contributed by atoms with Crippen LogP contribution in [0.5, 0.6) is 0 Å². The molecule has 66 valence electrons. The summed E-state index contributed by atoms with van der Waals surface area (Å²) in [4.78, 5) is 2.62. The Bertz CT molecular complexity index is 111. The fourth-order valence-corrected chi connectivity index (χ4v) is 2.08. The number of likely N-dealkylation sites (tertiary alicyclic amines) is 1. The molecule has 0 aliphatic carbocycles. The summed E-state index contributed by atoms with van der Waals surface area (Å²) in [5.41, 5.74) is 0. The number of hydrogen-bond acceptors (Lipinski definition) is 1. The second-order valence-corrected chi connectivity index (χ2v) is 4.01. The Kier molecular flexibility index (Phi) is 3.38. The van der Waals surface area contributed by atoms with Crippen molar-refractivity contribution in [1.29, 1.82) is 0 Å². The summed E-state index contributed by atoms with van der Waals surface area (Å²) in [6, 6.07) is 0.832. The van der Waals surface area contributed by atoms with Crippen molar-refractivity contribution in [3.05, 3.63) is 0 Å². The van der Waals surface area contributed by atoms with E-state index in [2.05, 4.69) is 25.7 Å². The van der Waals surface area contributed by atoms with Gasteiger partial charge in [0.15, 0.2) is 0 Å². The second kappa shape index (κ2) is 4.10. The lowest BCUT2D eigenvalue weighted by Crippen LogP contribution is -2.40. The average Bonchev–Trinajstić information content (AvgIpc) is 1.95. The first-order valence-electron chi connectivity index (χ1n) is 4.98. The normalized spacial score (nSPS) is 34.1. The SMILES string of the molecule is CCCN1CCC(C)CC1C. The molecule has 0 aromatic carbocycles. The van der Waals surface area contributed by atoms with Crippen molar-refractivity contribution in [3.63, 3.8) is 0 Å². The van der Waals surface area contributed by atoms with Crippen LogP contribution in [0, 0.1) is 5.92 Å². The monoisotopic (exact) mass is 155 g/mol. The Hall–Kier alpha value is -0.0400.